The fourth-order valence-corrected chi connectivity index (χ4v) is 1.46. The van der Waals surface area contributed by atoms with E-state index in [0.29, 0.717) is 23.6 Å². The molecule has 6 heteroatoms. The van der Waals surface area contributed by atoms with E-state index in [2.05, 4.69) is 0 Å². The maximum Gasteiger partial charge on any atom is 0.269 e. The summed E-state index contributed by atoms with van der Waals surface area (Å²) < 4.78 is 0. The number of nitro benzene ring substituents is 1. The summed E-state index contributed by atoms with van der Waals surface area (Å²) >= 11 is 5.81. The van der Waals surface area contributed by atoms with Gasteiger partial charge in [0.1, 0.15) is 0 Å². The fourth-order valence-electron chi connectivity index (χ4n) is 1.21. The normalized spacial score (nSPS) is 12.5. The van der Waals surface area contributed by atoms with Crippen molar-refractivity contribution in [3.8, 4) is 0 Å². The van der Waals surface area contributed by atoms with Gasteiger partial charge in [0.2, 0.25) is 0 Å². The zero-order chi connectivity index (χ0) is 11.4. The highest BCUT2D eigenvalue weighted by atomic mass is 35.5. The summed E-state index contributed by atoms with van der Waals surface area (Å²) in [4.78, 5) is 9.97. The van der Waals surface area contributed by atoms with E-state index >= 15 is 0 Å². The van der Waals surface area contributed by atoms with Crippen molar-refractivity contribution in [3.05, 3.63) is 38.9 Å². The number of nitrogens with two attached hydrogens (primary N) is 1. The van der Waals surface area contributed by atoms with Crippen LogP contribution in [0.3, 0.4) is 0 Å². The van der Waals surface area contributed by atoms with E-state index in [0.717, 1.165) is 0 Å². The molecule has 82 valence electrons. The fraction of sp³-hybridized carbons (Fsp3) is 0.333. The third-order valence-electron chi connectivity index (χ3n) is 1.99. The molecular formula is C9H11ClN2O3. The molecule has 0 aliphatic heterocycles. The van der Waals surface area contributed by atoms with Crippen molar-refractivity contribution in [2.24, 2.45) is 5.73 Å². The molecule has 0 unspecified atom stereocenters. The number of hydrogen-bond acceptors (Lipinski definition) is 4. The molecule has 1 aromatic rings. The average Bonchev–Trinajstić information content (AvgIpc) is 2.18. The Morgan fingerprint density at radius 1 is 1.60 bits per heavy atom. The van der Waals surface area contributed by atoms with E-state index in [4.69, 9.17) is 17.3 Å². The Morgan fingerprint density at radius 3 is 2.80 bits per heavy atom. The Bertz CT molecular complexity index is 370. The predicted octanol–water partition coefficient (Wildman–Crippen LogP) is 1.63. The first-order valence-corrected chi connectivity index (χ1v) is 4.76. The van der Waals surface area contributed by atoms with Crippen molar-refractivity contribution < 1.29 is 10.0 Å². The minimum absolute atomic E-state index is 0.0922. The number of nitrogens with zero attached hydrogens (tertiary/aromatic N) is 1. The van der Waals surface area contributed by atoms with E-state index in [1.807, 2.05) is 0 Å². The van der Waals surface area contributed by atoms with Crippen LogP contribution in [-0.2, 0) is 0 Å². The van der Waals surface area contributed by atoms with E-state index in [1.54, 1.807) is 0 Å². The average molecular weight is 231 g/mol. The van der Waals surface area contributed by atoms with Crippen molar-refractivity contribution in [1.82, 2.24) is 0 Å². The Balaban J connectivity index is 3.04. The molecule has 0 heterocycles. The highest BCUT2D eigenvalue weighted by Gasteiger charge is 2.15. The molecule has 0 fully saturated rings. The van der Waals surface area contributed by atoms with Crippen molar-refractivity contribution in [1.29, 1.82) is 0 Å². The maximum atomic E-state index is 10.5. The summed E-state index contributed by atoms with van der Waals surface area (Å²) in [6.45, 7) is 0.292. The molecule has 0 aliphatic rings. The topological polar surface area (TPSA) is 89.4 Å². The first kappa shape index (κ1) is 11.9. The lowest BCUT2D eigenvalue weighted by molar-refractivity contribution is -0.385. The molecule has 0 aliphatic carbocycles. The van der Waals surface area contributed by atoms with E-state index < -0.39 is 11.0 Å². The van der Waals surface area contributed by atoms with Gasteiger partial charge in [-0.05, 0) is 19.0 Å². The lowest BCUT2D eigenvalue weighted by Crippen LogP contribution is -2.07. The molecule has 0 bridgehead atoms. The SMILES string of the molecule is NCC[C@@H](O)c1cc([N+](=O)[O-])ccc1Cl. The highest BCUT2D eigenvalue weighted by molar-refractivity contribution is 6.31. The Labute approximate surface area is 91.6 Å². The Hall–Kier alpha value is -1.17. The molecule has 0 amide bonds. The second-order valence-corrected chi connectivity index (χ2v) is 3.46. The highest BCUT2D eigenvalue weighted by Crippen LogP contribution is 2.28. The minimum atomic E-state index is -0.859. The Kier molecular flexibility index (Phi) is 4.02. The predicted molar refractivity (Wildman–Crippen MR) is 56.7 cm³/mol. The summed E-state index contributed by atoms with van der Waals surface area (Å²) in [7, 11) is 0. The lowest BCUT2D eigenvalue weighted by atomic mass is 10.1. The molecule has 0 radical (unpaired) electrons. The van der Waals surface area contributed by atoms with Gasteiger partial charge < -0.3 is 10.8 Å². The molecule has 15 heavy (non-hydrogen) atoms. The second-order valence-electron chi connectivity index (χ2n) is 3.06. The maximum absolute atomic E-state index is 10.5. The van der Waals surface area contributed by atoms with Gasteiger partial charge in [0, 0.05) is 22.7 Å². The van der Waals surface area contributed by atoms with Gasteiger partial charge in [-0.2, -0.15) is 0 Å². The number of non-ortho nitro benzene ring substituents is 1. The Morgan fingerprint density at radius 2 is 2.27 bits per heavy atom. The van der Waals surface area contributed by atoms with Crippen LogP contribution in [0, 0.1) is 10.1 Å². The number of nitro groups is 1. The minimum Gasteiger partial charge on any atom is -0.388 e. The number of aliphatic hydroxyl groups is 1. The number of benzene rings is 1. The van der Waals surface area contributed by atoms with Crippen molar-refractivity contribution in [2.45, 2.75) is 12.5 Å². The molecule has 1 aromatic carbocycles. The summed E-state index contributed by atoms with van der Waals surface area (Å²) in [6.07, 6.45) is -0.539. The van der Waals surface area contributed by atoms with Gasteiger partial charge in [0.25, 0.3) is 5.69 Å². The number of rotatable bonds is 4. The standard InChI is InChI=1S/C9H11ClN2O3/c10-8-2-1-6(12(14)15)5-7(8)9(13)3-4-11/h1-2,5,9,13H,3-4,11H2/t9-/m1/s1. The molecule has 0 aromatic heterocycles. The molecule has 0 saturated heterocycles. The van der Waals surface area contributed by atoms with Crippen molar-refractivity contribution in [2.75, 3.05) is 6.54 Å². The van der Waals surface area contributed by atoms with Gasteiger partial charge in [0.05, 0.1) is 11.0 Å². The molecular weight excluding hydrogens is 220 g/mol. The number of hydrogen-bond donors (Lipinski definition) is 2. The number of halogens is 1. The third-order valence-corrected chi connectivity index (χ3v) is 2.33. The summed E-state index contributed by atoms with van der Waals surface area (Å²) in [5.41, 5.74) is 5.53. The summed E-state index contributed by atoms with van der Waals surface area (Å²) in [6, 6.07) is 3.96. The summed E-state index contributed by atoms with van der Waals surface area (Å²) in [5, 5.41) is 20.4. The van der Waals surface area contributed by atoms with Crippen LogP contribution in [-0.4, -0.2) is 16.6 Å². The van der Waals surface area contributed by atoms with Crippen LogP contribution >= 0.6 is 11.6 Å². The molecule has 0 spiro atoms. The van der Waals surface area contributed by atoms with Gasteiger partial charge in [-0.15, -0.1) is 0 Å². The van der Waals surface area contributed by atoms with Crippen molar-refractivity contribution in [3.63, 3.8) is 0 Å². The lowest BCUT2D eigenvalue weighted by Gasteiger charge is -2.10. The smallest absolute Gasteiger partial charge is 0.269 e. The van der Waals surface area contributed by atoms with Gasteiger partial charge in [-0.1, -0.05) is 11.6 Å². The summed E-state index contributed by atoms with van der Waals surface area (Å²) in [5.74, 6) is 0. The monoisotopic (exact) mass is 230 g/mol. The van der Waals surface area contributed by atoms with Crippen LogP contribution in [0.5, 0.6) is 0 Å². The van der Waals surface area contributed by atoms with Gasteiger partial charge >= 0.3 is 0 Å². The van der Waals surface area contributed by atoms with E-state index in [1.165, 1.54) is 18.2 Å². The van der Waals surface area contributed by atoms with Crippen LogP contribution in [0.25, 0.3) is 0 Å². The zero-order valence-corrected chi connectivity index (χ0v) is 8.65. The van der Waals surface area contributed by atoms with Crippen LogP contribution in [0.15, 0.2) is 18.2 Å². The van der Waals surface area contributed by atoms with Crippen molar-refractivity contribution >= 4 is 17.3 Å². The van der Waals surface area contributed by atoms with Gasteiger partial charge in [-0.3, -0.25) is 10.1 Å². The van der Waals surface area contributed by atoms with Crippen LogP contribution in [0.1, 0.15) is 18.1 Å². The second kappa shape index (κ2) is 5.06. The first-order chi connectivity index (χ1) is 7.06. The van der Waals surface area contributed by atoms with Crippen LogP contribution in [0.4, 0.5) is 5.69 Å². The molecule has 5 nitrogen and oxygen atoms in total. The third kappa shape index (κ3) is 2.89. The van der Waals surface area contributed by atoms with Gasteiger partial charge in [0.15, 0.2) is 0 Å². The van der Waals surface area contributed by atoms with E-state index in [-0.39, 0.29) is 5.69 Å². The molecule has 1 atom stereocenters. The van der Waals surface area contributed by atoms with E-state index in [9.17, 15) is 15.2 Å². The van der Waals surface area contributed by atoms with Gasteiger partial charge in [-0.25, -0.2) is 0 Å². The van der Waals surface area contributed by atoms with Crippen LogP contribution in [0.2, 0.25) is 5.02 Å². The molecule has 0 saturated carbocycles. The quantitative estimate of drug-likeness (QED) is 0.608. The molecule has 1 rings (SSSR count). The number of aliphatic hydroxyl groups excluding tert-OH is 1. The zero-order valence-electron chi connectivity index (χ0n) is 7.89. The first-order valence-electron chi connectivity index (χ1n) is 4.38. The van der Waals surface area contributed by atoms with Crippen LogP contribution < -0.4 is 5.73 Å². The molecule has 3 N–H and O–H groups in total. The largest absolute Gasteiger partial charge is 0.388 e.